The van der Waals surface area contributed by atoms with Gasteiger partial charge >= 0.3 is 0 Å². The van der Waals surface area contributed by atoms with Crippen LogP contribution in [0.3, 0.4) is 0 Å². The van der Waals surface area contributed by atoms with Gasteiger partial charge in [-0.1, -0.05) is 281 Å². The van der Waals surface area contributed by atoms with Crippen molar-refractivity contribution in [3.63, 3.8) is 0 Å². The van der Waals surface area contributed by atoms with Crippen molar-refractivity contribution in [1.82, 2.24) is 5.32 Å². The zero-order valence-electron chi connectivity index (χ0n) is 43.2. The molecule has 0 aromatic carbocycles. The molecule has 3 atom stereocenters. The van der Waals surface area contributed by atoms with Crippen molar-refractivity contribution in [3.8, 4) is 0 Å². The number of amides is 1. The predicted molar refractivity (Wildman–Crippen MR) is 282 cm³/mol. The number of aliphatic hydroxyl groups excluding tert-OH is 3. The monoisotopic (exact) mass is 900 g/mol. The van der Waals surface area contributed by atoms with Gasteiger partial charge in [0, 0.05) is 0 Å². The second kappa shape index (κ2) is 54.2. The first-order valence-corrected chi connectivity index (χ1v) is 28.8. The van der Waals surface area contributed by atoms with Gasteiger partial charge in [0.1, 0.15) is 0 Å². The Morgan fingerprint density at radius 1 is 0.391 bits per heavy atom. The molecule has 0 rings (SSSR count). The highest BCUT2D eigenvalue weighted by molar-refractivity contribution is 5.76. The Morgan fingerprint density at radius 3 is 1.00 bits per heavy atom. The predicted octanol–water partition coefficient (Wildman–Crippen LogP) is 17.8. The van der Waals surface area contributed by atoms with Crippen LogP contribution in [-0.4, -0.2) is 46.1 Å². The van der Waals surface area contributed by atoms with E-state index in [1.54, 1.807) is 6.08 Å². The van der Waals surface area contributed by atoms with Crippen LogP contribution in [0.1, 0.15) is 309 Å². The minimum absolute atomic E-state index is 0.00575. The summed E-state index contributed by atoms with van der Waals surface area (Å²) in [6.45, 7) is 4.24. The van der Waals surface area contributed by atoms with Gasteiger partial charge in [-0.3, -0.25) is 4.79 Å². The molecule has 0 aliphatic heterocycles. The summed E-state index contributed by atoms with van der Waals surface area (Å²) in [6, 6.07) is -0.763. The molecule has 5 nitrogen and oxygen atoms in total. The SMILES string of the molecule is CCCCCCCCCCCCCC/C=C\CCCCCCCCCCCC(O)CC(=O)NC(CO)C(O)/C=C/CC/C=C/CCCCCCCCCCCCCCCCCCCC. The number of hydrogen-bond donors (Lipinski definition) is 4. The van der Waals surface area contributed by atoms with Crippen LogP contribution in [0.4, 0.5) is 0 Å². The molecule has 0 aromatic rings. The van der Waals surface area contributed by atoms with E-state index in [2.05, 4.69) is 43.5 Å². The number of carbonyl (C=O) groups excluding carboxylic acids is 1. The lowest BCUT2D eigenvalue weighted by molar-refractivity contribution is -0.124. The lowest BCUT2D eigenvalue weighted by Gasteiger charge is -2.21. The van der Waals surface area contributed by atoms with Gasteiger partial charge in [0.25, 0.3) is 0 Å². The standard InChI is InChI=1S/C59H113NO4/c1-3-5-7-9-11-13-15-17-19-21-23-25-27-29-30-32-34-36-38-40-42-44-46-48-50-52-56(62)54-59(64)60-57(55-61)58(63)53-51-49-47-45-43-41-39-37-35-33-31-28-26-24-22-20-18-16-14-12-10-8-6-4-2/h29-30,43,45,51,53,56-58,61-63H,3-28,31-42,44,46-50,52,54-55H2,1-2H3,(H,60,64)/b30-29-,45-43+,53-51+. The lowest BCUT2D eigenvalue weighted by atomic mass is 10.0. The lowest BCUT2D eigenvalue weighted by Crippen LogP contribution is -2.45. The summed E-state index contributed by atoms with van der Waals surface area (Å²) >= 11 is 0. The molecule has 0 spiro atoms. The smallest absolute Gasteiger partial charge is 0.222 e. The molecule has 0 heterocycles. The Bertz CT molecular complexity index is 993. The van der Waals surface area contributed by atoms with E-state index in [0.717, 1.165) is 32.1 Å². The number of aliphatic hydroxyl groups is 3. The van der Waals surface area contributed by atoms with Crippen LogP contribution in [0, 0.1) is 0 Å². The van der Waals surface area contributed by atoms with Gasteiger partial charge in [-0.25, -0.2) is 0 Å². The van der Waals surface area contributed by atoms with Gasteiger partial charge in [0.05, 0.1) is 31.3 Å². The largest absolute Gasteiger partial charge is 0.394 e. The molecule has 5 heteroatoms. The average molecular weight is 901 g/mol. The molecule has 4 N–H and O–H groups in total. The van der Waals surface area contributed by atoms with E-state index in [0.29, 0.717) is 6.42 Å². The normalized spacial score (nSPS) is 13.5. The molecule has 0 saturated heterocycles. The molecule has 0 aliphatic carbocycles. The maximum absolute atomic E-state index is 12.5. The molecule has 0 aliphatic rings. The van der Waals surface area contributed by atoms with Crippen LogP contribution in [0.25, 0.3) is 0 Å². The summed E-state index contributed by atoms with van der Waals surface area (Å²) in [5.74, 6) is -0.323. The number of carbonyl (C=O) groups is 1. The molecular formula is C59H113NO4. The van der Waals surface area contributed by atoms with Crippen LogP contribution in [0.5, 0.6) is 0 Å². The maximum Gasteiger partial charge on any atom is 0.222 e. The van der Waals surface area contributed by atoms with E-state index in [-0.39, 0.29) is 18.9 Å². The van der Waals surface area contributed by atoms with Crippen LogP contribution in [0.15, 0.2) is 36.5 Å². The zero-order valence-corrected chi connectivity index (χ0v) is 43.2. The number of nitrogens with one attached hydrogen (secondary N) is 1. The van der Waals surface area contributed by atoms with Gasteiger partial charge in [-0.2, -0.15) is 0 Å². The van der Waals surface area contributed by atoms with Crippen molar-refractivity contribution in [1.29, 1.82) is 0 Å². The minimum Gasteiger partial charge on any atom is -0.394 e. The van der Waals surface area contributed by atoms with E-state index in [9.17, 15) is 20.1 Å². The first-order valence-electron chi connectivity index (χ1n) is 28.8. The number of allylic oxidation sites excluding steroid dienone is 5. The second-order valence-electron chi connectivity index (χ2n) is 19.9. The van der Waals surface area contributed by atoms with E-state index >= 15 is 0 Å². The van der Waals surface area contributed by atoms with Crippen LogP contribution >= 0.6 is 0 Å². The fourth-order valence-electron chi connectivity index (χ4n) is 9.00. The highest BCUT2D eigenvalue weighted by Gasteiger charge is 2.20. The van der Waals surface area contributed by atoms with Crippen molar-refractivity contribution in [3.05, 3.63) is 36.5 Å². The van der Waals surface area contributed by atoms with Crippen molar-refractivity contribution in [2.75, 3.05) is 6.61 Å². The Balaban J connectivity index is 3.60. The van der Waals surface area contributed by atoms with Gasteiger partial charge in [0.15, 0.2) is 0 Å². The van der Waals surface area contributed by atoms with Crippen LogP contribution < -0.4 is 5.32 Å². The highest BCUT2D eigenvalue weighted by atomic mass is 16.3. The third-order valence-electron chi connectivity index (χ3n) is 13.4. The maximum atomic E-state index is 12.5. The Kier molecular flexibility index (Phi) is 53.0. The summed E-state index contributed by atoms with van der Waals surface area (Å²) < 4.78 is 0. The molecular weight excluding hydrogens is 787 g/mol. The van der Waals surface area contributed by atoms with Crippen molar-refractivity contribution in [2.45, 2.75) is 327 Å². The number of unbranched alkanes of at least 4 members (excludes halogenated alkanes) is 40. The molecule has 1 amide bonds. The second-order valence-corrected chi connectivity index (χ2v) is 19.9. The first-order chi connectivity index (χ1) is 31.5. The van der Waals surface area contributed by atoms with Gasteiger partial charge in [-0.05, 0) is 57.8 Å². The van der Waals surface area contributed by atoms with Crippen molar-refractivity contribution < 1.29 is 20.1 Å². The van der Waals surface area contributed by atoms with Gasteiger partial charge in [0.2, 0.25) is 5.91 Å². The average Bonchev–Trinajstić information content (AvgIpc) is 3.29. The van der Waals surface area contributed by atoms with E-state index < -0.39 is 18.2 Å². The van der Waals surface area contributed by atoms with Gasteiger partial charge in [-0.15, -0.1) is 0 Å². The summed E-state index contributed by atoms with van der Waals surface area (Å²) in [4.78, 5) is 12.5. The summed E-state index contributed by atoms with van der Waals surface area (Å²) in [5, 5.41) is 33.5. The van der Waals surface area contributed by atoms with Crippen molar-refractivity contribution in [2.24, 2.45) is 0 Å². The molecule has 3 unspecified atom stereocenters. The molecule has 0 radical (unpaired) electrons. The summed E-state index contributed by atoms with van der Waals surface area (Å²) in [6.07, 6.45) is 70.5. The summed E-state index contributed by atoms with van der Waals surface area (Å²) in [5.41, 5.74) is 0. The van der Waals surface area contributed by atoms with E-state index in [1.165, 1.54) is 250 Å². The Hall–Kier alpha value is -1.43. The third-order valence-corrected chi connectivity index (χ3v) is 13.4. The summed E-state index contributed by atoms with van der Waals surface area (Å²) in [7, 11) is 0. The Morgan fingerprint density at radius 2 is 0.672 bits per heavy atom. The van der Waals surface area contributed by atoms with Crippen LogP contribution in [-0.2, 0) is 4.79 Å². The minimum atomic E-state index is -0.953. The van der Waals surface area contributed by atoms with E-state index in [4.69, 9.17) is 0 Å². The molecule has 0 saturated carbocycles. The molecule has 0 aromatic heterocycles. The van der Waals surface area contributed by atoms with Crippen LogP contribution in [0.2, 0.25) is 0 Å². The molecule has 378 valence electrons. The fraction of sp³-hybridized carbons (Fsp3) is 0.881. The van der Waals surface area contributed by atoms with Gasteiger partial charge < -0.3 is 20.6 Å². The molecule has 0 fully saturated rings. The Labute approximate surface area is 400 Å². The van der Waals surface area contributed by atoms with E-state index in [1.807, 2.05) is 6.08 Å². The zero-order chi connectivity index (χ0) is 46.5. The fourth-order valence-corrected chi connectivity index (χ4v) is 9.00. The molecule has 64 heavy (non-hydrogen) atoms. The number of rotatable bonds is 53. The quantitative estimate of drug-likeness (QED) is 0.0362. The molecule has 0 bridgehead atoms. The van der Waals surface area contributed by atoms with Crippen molar-refractivity contribution >= 4 is 5.91 Å². The number of hydrogen-bond acceptors (Lipinski definition) is 4. The first kappa shape index (κ1) is 62.6. The topological polar surface area (TPSA) is 89.8 Å². The third kappa shape index (κ3) is 50.0. The highest BCUT2D eigenvalue weighted by Crippen LogP contribution is 2.17.